The number of fused-ring (bicyclic) bond motifs is 1. The zero-order valence-corrected chi connectivity index (χ0v) is 14.2. The summed E-state index contributed by atoms with van der Waals surface area (Å²) >= 11 is 0. The molecule has 0 aliphatic heterocycles. The summed E-state index contributed by atoms with van der Waals surface area (Å²) in [6, 6.07) is 11.7. The number of H-pyrrole nitrogens is 1. The van der Waals surface area contributed by atoms with E-state index in [0.717, 1.165) is 22.5 Å². The SMILES string of the molecule is Cc1ccc2c(=O)[nH]c(-c3ccc(C(C)(C)OCCO)cc3)cn12. The lowest BCUT2D eigenvalue weighted by molar-refractivity contribution is -0.0369. The minimum atomic E-state index is -0.477. The number of aliphatic hydroxyl groups is 1. The fourth-order valence-electron chi connectivity index (χ4n) is 2.84. The molecule has 0 atom stereocenters. The molecule has 2 N–H and O–H groups in total. The Labute approximate surface area is 140 Å². The van der Waals surface area contributed by atoms with Crippen LogP contribution in [0.5, 0.6) is 0 Å². The molecule has 126 valence electrons. The number of rotatable bonds is 5. The van der Waals surface area contributed by atoms with Gasteiger partial charge in [-0.15, -0.1) is 0 Å². The molecule has 0 aliphatic rings. The van der Waals surface area contributed by atoms with E-state index in [1.165, 1.54) is 0 Å². The summed E-state index contributed by atoms with van der Waals surface area (Å²) in [7, 11) is 0. The van der Waals surface area contributed by atoms with E-state index in [2.05, 4.69) is 4.98 Å². The zero-order chi connectivity index (χ0) is 17.3. The van der Waals surface area contributed by atoms with Crippen LogP contribution in [0.3, 0.4) is 0 Å². The van der Waals surface area contributed by atoms with Crippen LogP contribution in [0.15, 0.2) is 47.4 Å². The van der Waals surface area contributed by atoms with Crippen LogP contribution in [0.1, 0.15) is 25.1 Å². The second kappa shape index (κ2) is 6.26. The van der Waals surface area contributed by atoms with Crippen LogP contribution in [0.2, 0.25) is 0 Å². The smallest absolute Gasteiger partial charge is 0.272 e. The van der Waals surface area contributed by atoms with Crippen molar-refractivity contribution in [2.75, 3.05) is 13.2 Å². The summed E-state index contributed by atoms with van der Waals surface area (Å²) in [5, 5.41) is 8.93. The molecule has 2 aromatic heterocycles. The number of ether oxygens (including phenoxy) is 1. The highest BCUT2D eigenvalue weighted by Crippen LogP contribution is 2.27. The second-order valence-corrected chi connectivity index (χ2v) is 6.39. The maximum Gasteiger partial charge on any atom is 0.272 e. The minimum Gasteiger partial charge on any atom is -0.394 e. The van der Waals surface area contributed by atoms with E-state index in [1.807, 2.05) is 67.8 Å². The maximum absolute atomic E-state index is 12.2. The Bertz CT molecular complexity index is 905. The summed E-state index contributed by atoms with van der Waals surface area (Å²) in [6.07, 6.45) is 1.94. The molecule has 0 amide bonds. The number of aromatic nitrogens is 2. The first-order valence-electron chi connectivity index (χ1n) is 7.99. The van der Waals surface area contributed by atoms with E-state index in [0.29, 0.717) is 12.1 Å². The van der Waals surface area contributed by atoms with Gasteiger partial charge in [0.05, 0.1) is 24.5 Å². The molecule has 24 heavy (non-hydrogen) atoms. The molecular formula is C19H22N2O3. The predicted octanol–water partition coefficient (Wildman–Crippen LogP) is 2.85. The van der Waals surface area contributed by atoms with Gasteiger partial charge < -0.3 is 19.2 Å². The number of hydrogen-bond donors (Lipinski definition) is 2. The van der Waals surface area contributed by atoms with Crippen molar-refractivity contribution < 1.29 is 9.84 Å². The summed E-state index contributed by atoms with van der Waals surface area (Å²) in [5.74, 6) is 0. The molecule has 5 nitrogen and oxygen atoms in total. The molecule has 3 aromatic rings. The largest absolute Gasteiger partial charge is 0.394 e. The van der Waals surface area contributed by atoms with E-state index >= 15 is 0 Å². The Hall–Kier alpha value is -2.37. The first-order chi connectivity index (χ1) is 11.4. The van der Waals surface area contributed by atoms with Gasteiger partial charge in [0.25, 0.3) is 5.56 Å². The van der Waals surface area contributed by atoms with Crippen LogP contribution in [0, 0.1) is 6.92 Å². The maximum atomic E-state index is 12.2. The summed E-state index contributed by atoms with van der Waals surface area (Å²) in [5.41, 5.74) is 3.81. The molecule has 0 saturated heterocycles. The second-order valence-electron chi connectivity index (χ2n) is 6.39. The van der Waals surface area contributed by atoms with E-state index < -0.39 is 5.60 Å². The van der Waals surface area contributed by atoms with Gasteiger partial charge in [-0.3, -0.25) is 4.79 Å². The average Bonchev–Trinajstić information content (AvgIpc) is 2.95. The molecular weight excluding hydrogens is 304 g/mol. The van der Waals surface area contributed by atoms with Crippen molar-refractivity contribution in [2.24, 2.45) is 0 Å². The van der Waals surface area contributed by atoms with Crippen molar-refractivity contribution in [1.29, 1.82) is 0 Å². The van der Waals surface area contributed by atoms with E-state index in [9.17, 15) is 4.79 Å². The van der Waals surface area contributed by atoms with Crippen molar-refractivity contribution in [3.63, 3.8) is 0 Å². The predicted molar refractivity (Wildman–Crippen MR) is 94.3 cm³/mol. The van der Waals surface area contributed by atoms with Gasteiger partial charge in [-0.1, -0.05) is 24.3 Å². The molecule has 0 bridgehead atoms. The molecule has 1 aromatic carbocycles. The van der Waals surface area contributed by atoms with Gasteiger partial charge in [0.1, 0.15) is 5.52 Å². The van der Waals surface area contributed by atoms with E-state index in [1.54, 1.807) is 0 Å². The minimum absolute atomic E-state index is 0.00101. The fraction of sp³-hybridized carbons (Fsp3) is 0.316. The lowest BCUT2D eigenvalue weighted by Gasteiger charge is -2.25. The van der Waals surface area contributed by atoms with Crippen LogP contribution < -0.4 is 5.56 Å². The summed E-state index contributed by atoms with van der Waals surface area (Å²) in [6.45, 7) is 6.20. The molecule has 0 saturated carbocycles. The Morgan fingerprint density at radius 3 is 2.54 bits per heavy atom. The lowest BCUT2D eigenvalue weighted by atomic mass is 9.96. The van der Waals surface area contributed by atoms with Gasteiger partial charge in [0.15, 0.2) is 0 Å². The average molecular weight is 326 g/mol. The highest BCUT2D eigenvalue weighted by atomic mass is 16.5. The Balaban J connectivity index is 1.96. The first-order valence-corrected chi connectivity index (χ1v) is 7.99. The Kier molecular flexibility index (Phi) is 4.30. The van der Waals surface area contributed by atoms with Gasteiger partial charge in [0, 0.05) is 11.9 Å². The molecule has 5 heteroatoms. The molecule has 2 heterocycles. The standard InChI is InChI=1S/C19H22N2O3/c1-13-4-9-17-18(23)20-16(12-21(13)17)14-5-7-15(8-6-14)19(2,3)24-11-10-22/h4-9,12,22H,10-11H2,1-3H3,(H,20,23). The van der Waals surface area contributed by atoms with Gasteiger partial charge in [-0.05, 0) is 44.0 Å². The highest BCUT2D eigenvalue weighted by molar-refractivity contribution is 5.61. The lowest BCUT2D eigenvalue weighted by Crippen LogP contribution is -2.23. The number of nitrogens with one attached hydrogen (secondary N) is 1. The third-order valence-electron chi connectivity index (χ3n) is 4.31. The summed E-state index contributed by atoms with van der Waals surface area (Å²) in [4.78, 5) is 15.1. The van der Waals surface area contributed by atoms with Crippen molar-refractivity contribution in [1.82, 2.24) is 9.38 Å². The van der Waals surface area contributed by atoms with E-state index in [-0.39, 0.29) is 12.2 Å². The third kappa shape index (κ3) is 3.00. The number of aryl methyl sites for hydroxylation is 1. The highest BCUT2D eigenvalue weighted by Gasteiger charge is 2.20. The summed E-state index contributed by atoms with van der Waals surface area (Å²) < 4.78 is 7.58. The Morgan fingerprint density at radius 1 is 1.17 bits per heavy atom. The third-order valence-corrected chi connectivity index (χ3v) is 4.31. The molecule has 0 fully saturated rings. The zero-order valence-electron chi connectivity index (χ0n) is 14.2. The number of aromatic amines is 1. The number of hydrogen-bond acceptors (Lipinski definition) is 3. The van der Waals surface area contributed by atoms with Crippen LogP contribution >= 0.6 is 0 Å². The van der Waals surface area contributed by atoms with Crippen LogP contribution in [0.25, 0.3) is 16.8 Å². The van der Waals surface area contributed by atoms with Gasteiger partial charge in [-0.25, -0.2) is 0 Å². The molecule has 0 radical (unpaired) electrons. The normalized spacial score (nSPS) is 12.0. The molecule has 0 spiro atoms. The molecule has 0 aliphatic carbocycles. The van der Waals surface area contributed by atoms with Crippen LogP contribution in [0.4, 0.5) is 0 Å². The number of benzene rings is 1. The quantitative estimate of drug-likeness (QED) is 0.757. The Morgan fingerprint density at radius 2 is 1.88 bits per heavy atom. The van der Waals surface area contributed by atoms with Crippen molar-refractivity contribution in [2.45, 2.75) is 26.4 Å². The van der Waals surface area contributed by atoms with Crippen LogP contribution in [-0.4, -0.2) is 27.7 Å². The topological polar surface area (TPSA) is 66.7 Å². The van der Waals surface area contributed by atoms with Gasteiger partial charge in [0.2, 0.25) is 0 Å². The number of aliphatic hydroxyl groups excluding tert-OH is 1. The van der Waals surface area contributed by atoms with Crippen LogP contribution in [-0.2, 0) is 10.3 Å². The first kappa shape index (κ1) is 16.5. The van der Waals surface area contributed by atoms with Crippen molar-refractivity contribution >= 4 is 5.52 Å². The van der Waals surface area contributed by atoms with Crippen molar-refractivity contribution in [3.05, 3.63) is 64.2 Å². The molecule has 3 rings (SSSR count). The van der Waals surface area contributed by atoms with Gasteiger partial charge >= 0.3 is 0 Å². The van der Waals surface area contributed by atoms with E-state index in [4.69, 9.17) is 9.84 Å². The van der Waals surface area contributed by atoms with Crippen molar-refractivity contribution in [3.8, 4) is 11.3 Å². The van der Waals surface area contributed by atoms with Gasteiger partial charge in [-0.2, -0.15) is 0 Å². The number of nitrogens with zero attached hydrogens (tertiary/aromatic N) is 1. The fourth-order valence-corrected chi connectivity index (χ4v) is 2.84. The molecule has 0 unspecified atom stereocenters. The monoisotopic (exact) mass is 326 g/mol.